The first-order valence-electron chi connectivity index (χ1n) is 11.9. The summed E-state index contributed by atoms with van der Waals surface area (Å²) in [5.41, 5.74) is 1.63. The molecular formula is C27H41F3N2O2S. The summed E-state index contributed by atoms with van der Waals surface area (Å²) < 4.78 is 59.3. The molecule has 4 nitrogen and oxygen atoms in total. The van der Waals surface area contributed by atoms with Crippen molar-refractivity contribution in [1.29, 1.82) is 0 Å². The van der Waals surface area contributed by atoms with Gasteiger partial charge >= 0.3 is 0 Å². The van der Waals surface area contributed by atoms with E-state index in [-0.39, 0.29) is 23.0 Å². The highest BCUT2D eigenvalue weighted by molar-refractivity contribution is 7.88. The number of halogens is 3. The summed E-state index contributed by atoms with van der Waals surface area (Å²) in [6, 6.07) is 8.21. The number of ether oxygens (including phenoxy) is 1. The molecule has 2 N–H and O–H groups in total. The van der Waals surface area contributed by atoms with Gasteiger partial charge in [-0.3, -0.25) is 9.11 Å². The van der Waals surface area contributed by atoms with E-state index >= 15 is 0 Å². The fourth-order valence-electron chi connectivity index (χ4n) is 3.24. The van der Waals surface area contributed by atoms with Gasteiger partial charge in [0.1, 0.15) is 28.1 Å². The molecule has 35 heavy (non-hydrogen) atoms. The molecular weight excluding hydrogens is 473 g/mol. The van der Waals surface area contributed by atoms with Crippen LogP contribution in [-0.4, -0.2) is 23.2 Å². The molecule has 0 spiro atoms. The van der Waals surface area contributed by atoms with Crippen LogP contribution in [0.15, 0.2) is 43.0 Å². The average Bonchev–Trinajstić information content (AvgIpc) is 3.68. The van der Waals surface area contributed by atoms with Gasteiger partial charge in [-0.15, -0.1) is 6.58 Å². The molecule has 8 heteroatoms. The van der Waals surface area contributed by atoms with Gasteiger partial charge < -0.3 is 10.1 Å². The lowest BCUT2D eigenvalue weighted by atomic mass is 10.1. The molecule has 2 atom stereocenters. The summed E-state index contributed by atoms with van der Waals surface area (Å²) in [5.74, 6) is -1.82. The smallest absolute Gasteiger partial charge is 0.184 e. The second-order valence-electron chi connectivity index (χ2n) is 7.59. The van der Waals surface area contributed by atoms with Gasteiger partial charge in [0.2, 0.25) is 0 Å². The molecule has 2 aromatic rings. The number of benzene rings is 2. The van der Waals surface area contributed by atoms with Gasteiger partial charge in [0, 0.05) is 11.8 Å². The molecule has 0 bridgehead atoms. The van der Waals surface area contributed by atoms with Crippen LogP contribution in [0, 0.1) is 24.5 Å². The molecule has 2 unspecified atom stereocenters. The molecule has 1 fully saturated rings. The summed E-state index contributed by atoms with van der Waals surface area (Å²) in [4.78, 5) is 0. The van der Waals surface area contributed by atoms with Crippen LogP contribution in [0.1, 0.15) is 59.4 Å². The monoisotopic (exact) mass is 514 g/mol. The number of hydrogen-bond acceptors (Lipinski definition) is 3. The van der Waals surface area contributed by atoms with Crippen molar-refractivity contribution in [3.63, 3.8) is 0 Å². The molecule has 0 amide bonds. The largest absolute Gasteiger partial charge is 0.494 e. The van der Waals surface area contributed by atoms with E-state index in [2.05, 4.69) is 16.6 Å². The Hall–Kier alpha value is -2.48. The van der Waals surface area contributed by atoms with Gasteiger partial charge in [-0.05, 0) is 44.2 Å². The first-order valence-corrected chi connectivity index (χ1v) is 13.0. The van der Waals surface area contributed by atoms with Crippen LogP contribution in [0.2, 0.25) is 0 Å². The van der Waals surface area contributed by atoms with Crippen LogP contribution in [-0.2, 0) is 11.0 Å². The molecule has 0 radical (unpaired) electrons. The second kappa shape index (κ2) is 16.2. The topological polar surface area (TPSA) is 50.4 Å². The van der Waals surface area contributed by atoms with E-state index in [9.17, 15) is 17.4 Å². The average molecular weight is 515 g/mol. The number of nitrogens with one attached hydrogen (secondary N) is 2. The molecule has 0 heterocycles. The third kappa shape index (κ3) is 8.91. The van der Waals surface area contributed by atoms with Crippen molar-refractivity contribution in [3.05, 3.63) is 60.2 Å². The quantitative estimate of drug-likeness (QED) is 0.330. The van der Waals surface area contributed by atoms with Crippen LogP contribution in [0.25, 0.3) is 0 Å². The Morgan fingerprint density at radius 3 is 2.11 bits per heavy atom. The number of methoxy groups -OCH3 is 1. The van der Waals surface area contributed by atoms with Crippen molar-refractivity contribution in [2.24, 2.45) is 5.92 Å². The zero-order chi connectivity index (χ0) is 27.2. The van der Waals surface area contributed by atoms with Crippen LogP contribution < -0.4 is 14.8 Å². The predicted molar refractivity (Wildman–Crippen MR) is 145 cm³/mol. The van der Waals surface area contributed by atoms with E-state index in [1.807, 2.05) is 59.8 Å². The van der Waals surface area contributed by atoms with Crippen LogP contribution in [0.5, 0.6) is 5.75 Å². The minimum absolute atomic E-state index is 0.0828. The Morgan fingerprint density at radius 1 is 1.11 bits per heavy atom. The van der Waals surface area contributed by atoms with Crippen LogP contribution >= 0.6 is 0 Å². The highest BCUT2D eigenvalue weighted by Crippen LogP contribution is 2.48. The lowest BCUT2D eigenvalue weighted by Gasteiger charge is -2.22. The van der Waals surface area contributed by atoms with Crippen molar-refractivity contribution in [2.45, 2.75) is 65.6 Å². The third-order valence-corrected chi connectivity index (χ3v) is 6.97. The molecule has 2 aromatic carbocycles. The fraction of sp³-hybridized carbons (Fsp3) is 0.481. The summed E-state index contributed by atoms with van der Waals surface area (Å²) in [5, 5.41) is 2.90. The normalized spacial score (nSPS) is 14.3. The second-order valence-corrected chi connectivity index (χ2v) is 9.19. The Bertz CT molecular complexity index is 933. The third-order valence-electron chi connectivity index (χ3n) is 5.22. The number of hydrogen-bond donors (Lipinski definition) is 2. The van der Waals surface area contributed by atoms with E-state index < -0.39 is 27.4 Å². The maximum atomic E-state index is 14.7. The lowest BCUT2D eigenvalue weighted by molar-refractivity contribution is 0.409. The van der Waals surface area contributed by atoms with Crippen LogP contribution in [0.4, 0.5) is 30.2 Å². The zero-order valence-corrected chi connectivity index (χ0v) is 23.0. The minimum Gasteiger partial charge on any atom is -0.494 e. The molecule has 0 aromatic heterocycles. The van der Waals surface area contributed by atoms with Crippen LogP contribution in [0.3, 0.4) is 0 Å². The summed E-state index contributed by atoms with van der Waals surface area (Å²) in [7, 11) is 0.366. The SMILES string of the molecule is C=CC(C)CC1(S(=O)Nc2c(OC)cc(F)c(F)c2Nc2ccc(C)cc2)CC1.CC.CC.CF. The molecule has 1 aliphatic carbocycles. The molecule has 1 saturated carbocycles. The van der Waals surface area contributed by atoms with Crippen molar-refractivity contribution in [3.8, 4) is 5.75 Å². The van der Waals surface area contributed by atoms with E-state index in [4.69, 9.17) is 4.74 Å². The van der Waals surface area contributed by atoms with E-state index in [1.165, 1.54) is 7.11 Å². The molecule has 1 aliphatic rings. The fourth-order valence-corrected chi connectivity index (χ4v) is 4.73. The predicted octanol–water partition coefficient (Wildman–Crippen LogP) is 8.48. The number of rotatable bonds is 9. The molecule has 198 valence electrons. The number of aryl methyl sites for hydroxylation is 1. The first kappa shape index (κ1) is 32.5. The summed E-state index contributed by atoms with van der Waals surface area (Å²) in [6.45, 7) is 15.7. The summed E-state index contributed by atoms with van der Waals surface area (Å²) in [6.07, 6.45) is 4.15. The number of anilines is 3. The van der Waals surface area contributed by atoms with Crippen molar-refractivity contribution >= 4 is 28.0 Å². The lowest BCUT2D eigenvalue weighted by Crippen LogP contribution is -2.25. The minimum atomic E-state index is -1.50. The molecule has 3 rings (SSSR count). The van der Waals surface area contributed by atoms with Crippen molar-refractivity contribution in [1.82, 2.24) is 0 Å². The van der Waals surface area contributed by atoms with E-state index in [1.54, 1.807) is 12.1 Å². The van der Waals surface area contributed by atoms with Crippen molar-refractivity contribution < 1.29 is 22.1 Å². The molecule has 0 saturated heterocycles. The standard InChI is InChI=1S/C22H26F2N2O2S.2C2H6.CH3F/c1-5-14(2)13-22(10-11-22)29(27)26-20-18(28-4)12-17(23)19(24)21(20)25-16-8-6-15(3)7-9-16;3*1-2/h5-9,12,14,25-26H,1,10-11,13H2,2-4H3;2*1-2H3;1H3. The maximum Gasteiger partial charge on any atom is 0.184 e. The Morgan fingerprint density at radius 2 is 1.66 bits per heavy atom. The van der Waals surface area contributed by atoms with Gasteiger partial charge in [0.05, 0.1) is 19.0 Å². The number of allylic oxidation sites excluding steroid dienone is 1. The first-order chi connectivity index (χ1) is 16.8. The Balaban J connectivity index is 0.00000179. The summed E-state index contributed by atoms with van der Waals surface area (Å²) >= 11 is 0. The Kier molecular flexibility index (Phi) is 15.1. The van der Waals surface area contributed by atoms with Gasteiger partial charge in [-0.25, -0.2) is 13.0 Å². The number of alkyl halides is 1. The van der Waals surface area contributed by atoms with Gasteiger partial charge in [-0.2, -0.15) is 0 Å². The van der Waals surface area contributed by atoms with Gasteiger partial charge in [0.25, 0.3) is 0 Å². The Labute approximate surface area is 212 Å². The molecule has 0 aliphatic heterocycles. The van der Waals surface area contributed by atoms with Crippen molar-refractivity contribution in [2.75, 3.05) is 24.3 Å². The van der Waals surface area contributed by atoms with Gasteiger partial charge in [-0.1, -0.05) is 58.4 Å². The zero-order valence-electron chi connectivity index (χ0n) is 22.2. The highest BCUT2D eigenvalue weighted by Gasteiger charge is 2.49. The maximum absolute atomic E-state index is 14.7. The highest BCUT2D eigenvalue weighted by atomic mass is 32.2. The van der Waals surface area contributed by atoms with E-state index in [0.29, 0.717) is 19.3 Å². The van der Waals surface area contributed by atoms with E-state index in [0.717, 1.165) is 24.5 Å². The van der Waals surface area contributed by atoms with Gasteiger partial charge in [0.15, 0.2) is 11.6 Å².